The van der Waals surface area contributed by atoms with Crippen molar-refractivity contribution < 1.29 is 9.90 Å². The number of carboxylic acid groups (broad SMARTS) is 1. The molecular formula is C23H18ClNO2. The van der Waals surface area contributed by atoms with Gasteiger partial charge < -0.3 is 10.4 Å². The van der Waals surface area contributed by atoms with Crippen LogP contribution in [0.4, 0.5) is 5.69 Å². The number of aromatic carboxylic acids is 1. The number of hydrogen-bond donors (Lipinski definition) is 2. The Morgan fingerprint density at radius 2 is 1.85 bits per heavy atom. The molecule has 0 spiro atoms. The highest BCUT2D eigenvalue weighted by molar-refractivity contribution is 6.30. The maximum atomic E-state index is 11.5. The normalized spacial score (nSPS) is 22.3. The number of halogens is 1. The lowest BCUT2D eigenvalue weighted by Gasteiger charge is -2.38. The summed E-state index contributed by atoms with van der Waals surface area (Å²) in [5, 5.41) is 13.8. The van der Waals surface area contributed by atoms with E-state index in [-0.39, 0.29) is 12.0 Å². The third-order valence-corrected chi connectivity index (χ3v) is 6.09. The Kier molecular flexibility index (Phi) is 3.73. The molecule has 1 aliphatic carbocycles. The minimum atomic E-state index is -0.891. The molecule has 27 heavy (non-hydrogen) atoms. The third kappa shape index (κ3) is 2.62. The molecule has 3 unspecified atom stereocenters. The van der Waals surface area contributed by atoms with Gasteiger partial charge in [-0.2, -0.15) is 0 Å². The molecule has 5 rings (SSSR count). The molecule has 0 radical (unpaired) electrons. The van der Waals surface area contributed by atoms with Crippen LogP contribution in [0.25, 0.3) is 0 Å². The van der Waals surface area contributed by atoms with Crippen LogP contribution in [0.3, 0.4) is 0 Å². The number of nitrogens with one attached hydrogen (secondary N) is 1. The van der Waals surface area contributed by atoms with Gasteiger partial charge in [0.1, 0.15) is 0 Å². The molecule has 3 aromatic rings. The molecule has 0 bridgehead atoms. The van der Waals surface area contributed by atoms with Crippen molar-refractivity contribution >= 4 is 23.3 Å². The van der Waals surface area contributed by atoms with Gasteiger partial charge in [-0.3, -0.25) is 0 Å². The van der Waals surface area contributed by atoms with Crippen molar-refractivity contribution in [1.29, 1.82) is 0 Å². The minimum Gasteiger partial charge on any atom is -0.478 e. The van der Waals surface area contributed by atoms with Crippen molar-refractivity contribution in [3.05, 3.63) is 99.6 Å². The smallest absolute Gasteiger partial charge is 0.335 e. The molecule has 3 aromatic carbocycles. The molecule has 3 nitrogen and oxygen atoms in total. The van der Waals surface area contributed by atoms with E-state index in [1.165, 1.54) is 16.7 Å². The van der Waals surface area contributed by atoms with Crippen molar-refractivity contribution in [3.8, 4) is 0 Å². The van der Waals surface area contributed by atoms with Crippen molar-refractivity contribution in [1.82, 2.24) is 0 Å². The number of hydrogen-bond acceptors (Lipinski definition) is 2. The van der Waals surface area contributed by atoms with Gasteiger partial charge in [-0.05, 0) is 64.9 Å². The molecule has 1 aliphatic heterocycles. The third-order valence-electron chi connectivity index (χ3n) is 5.85. The largest absolute Gasteiger partial charge is 0.478 e. The van der Waals surface area contributed by atoms with Gasteiger partial charge in [-0.25, -0.2) is 4.79 Å². The van der Waals surface area contributed by atoms with Gasteiger partial charge in [0.05, 0.1) is 11.6 Å². The number of benzene rings is 3. The second-order valence-electron chi connectivity index (χ2n) is 7.33. The number of rotatable bonds is 2. The first-order valence-electron chi connectivity index (χ1n) is 9.09. The van der Waals surface area contributed by atoms with E-state index in [1.54, 1.807) is 6.07 Å². The van der Waals surface area contributed by atoms with Gasteiger partial charge in [0.15, 0.2) is 0 Å². The Hall–Kier alpha value is -2.78. The van der Waals surface area contributed by atoms with Crippen LogP contribution in [0.15, 0.2) is 66.7 Å². The molecule has 134 valence electrons. The van der Waals surface area contributed by atoms with E-state index in [0.29, 0.717) is 11.5 Å². The lowest BCUT2D eigenvalue weighted by molar-refractivity contribution is 0.0696. The van der Waals surface area contributed by atoms with Crippen LogP contribution in [0.2, 0.25) is 5.02 Å². The van der Waals surface area contributed by atoms with Crippen LogP contribution in [0.1, 0.15) is 44.6 Å². The highest BCUT2D eigenvalue weighted by atomic mass is 35.5. The Morgan fingerprint density at radius 1 is 1.00 bits per heavy atom. The van der Waals surface area contributed by atoms with Crippen LogP contribution in [0, 0.1) is 5.92 Å². The Balaban J connectivity index is 1.69. The topological polar surface area (TPSA) is 49.3 Å². The SMILES string of the molecule is O=C(O)c1ccc2c(c1)C1c3ccccc3CC1C(c1cccc(Cl)c1)N2. The van der Waals surface area contributed by atoms with E-state index < -0.39 is 5.97 Å². The summed E-state index contributed by atoms with van der Waals surface area (Å²) < 4.78 is 0. The molecule has 4 heteroatoms. The molecule has 0 aromatic heterocycles. The summed E-state index contributed by atoms with van der Waals surface area (Å²) in [6.45, 7) is 0. The van der Waals surface area contributed by atoms with Crippen molar-refractivity contribution in [3.63, 3.8) is 0 Å². The lowest BCUT2D eigenvalue weighted by atomic mass is 9.75. The van der Waals surface area contributed by atoms with Crippen LogP contribution in [0.5, 0.6) is 0 Å². The van der Waals surface area contributed by atoms with Crippen LogP contribution in [-0.4, -0.2) is 11.1 Å². The van der Waals surface area contributed by atoms with Crippen molar-refractivity contribution in [2.24, 2.45) is 5.92 Å². The van der Waals surface area contributed by atoms with Crippen LogP contribution in [-0.2, 0) is 6.42 Å². The fourth-order valence-corrected chi connectivity index (χ4v) is 4.92. The lowest BCUT2D eigenvalue weighted by Crippen LogP contribution is -2.30. The maximum Gasteiger partial charge on any atom is 0.335 e. The summed E-state index contributed by atoms with van der Waals surface area (Å²) in [7, 11) is 0. The number of anilines is 1. The molecule has 3 atom stereocenters. The van der Waals surface area contributed by atoms with Gasteiger partial charge in [-0.1, -0.05) is 48.0 Å². The number of carboxylic acids is 1. The molecule has 2 N–H and O–H groups in total. The predicted molar refractivity (Wildman–Crippen MR) is 107 cm³/mol. The summed E-state index contributed by atoms with van der Waals surface area (Å²) in [5.41, 5.74) is 6.22. The molecule has 1 heterocycles. The van der Waals surface area contributed by atoms with Gasteiger partial charge >= 0.3 is 5.97 Å². The number of carbonyl (C=O) groups is 1. The minimum absolute atomic E-state index is 0.129. The standard InChI is InChI=1S/C23H18ClNO2/c24-16-6-3-5-14(10-16)22-19-11-13-4-1-2-7-17(13)21(19)18-12-15(23(26)27)8-9-20(18)25-22/h1-10,12,19,21-22,25H,11H2,(H,26,27). The van der Waals surface area contributed by atoms with Crippen molar-refractivity contribution in [2.75, 3.05) is 5.32 Å². The fraction of sp³-hybridized carbons (Fsp3) is 0.174. The summed E-state index contributed by atoms with van der Waals surface area (Å²) >= 11 is 6.26. The van der Waals surface area contributed by atoms with E-state index >= 15 is 0 Å². The van der Waals surface area contributed by atoms with Crippen LogP contribution < -0.4 is 5.32 Å². The van der Waals surface area contributed by atoms with Gasteiger partial charge in [0.2, 0.25) is 0 Å². The Labute approximate surface area is 162 Å². The second-order valence-corrected chi connectivity index (χ2v) is 7.77. The number of fused-ring (bicyclic) bond motifs is 5. The van der Waals surface area contributed by atoms with E-state index in [2.05, 4.69) is 35.6 Å². The molecule has 2 aliphatic rings. The zero-order valence-corrected chi connectivity index (χ0v) is 15.3. The zero-order valence-electron chi connectivity index (χ0n) is 14.5. The van der Waals surface area contributed by atoms with Gasteiger partial charge in [0, 0.05) is 16.6 Å². The van der Waals surface area contributed by atoms with Gasteiger partial charge in [-0.15, -0.1) is 0 Å². The summed E-state index contributed by atoms with van der Waals surface area (Å²) in [4.78, 5) is 11.5. The summed E-state index contributed by atoms with van der Waals surface area (Å²) in [5.74, 6) is -0.393. The first kappa shape index (κ1) is 16.4. The maximum absolute atomic E-state index is 11.5. The Bertz CT molecular complexity index is 1060. The second kappa shape index (κ2) is 6.14. The van der Waals surface area contributed by atoms with Gasteiger partial charge in [0.25, 0.3) is 0 Å². The van der Waals surface area contributed by atoms with E-state index in [0.717, 1.165) is 22.7 Å². The molecular weight excluding hydrogens is 358 g/mol. The van der Waals surface area contributed by atoms with E-state index in [9.17, 15) is 9.90 Å². The van der Waals surface area contributed by atoms with Crippen LogP contribution >= 0.6 is 11.6 Å². The Morgan fingerprint density at radius 3 is 2.67 bits per heavy atom. The average molecular weight is 376 g/mol. The molecule has 0 fully saturated rings. The molecule has 0 amide bonds. The fourth-order valence-electron chi connectivity index (χ4n) is 4.72. The summed E-state index contributed by atoms with van der Waals surface area (Å²) in [6, 6.07) is 22.0. The molecule has 0 saturated carbocycles. The monoisotopic (exact) mass is 375 g/mol. The first-order valence-corrected chi connectivity index (χ1v) is 9.46. The first-order chi connectivity index (χ1) is 13.1. The van der Waals surface area contributed by atoms with E-state index in [1.807, 2.05) is 30.3 Å². The molecule has 0 saturated heterocycles. The predicted octanol–water partition coefficient (Wildman–Crippen LogP) is 5.51. The average Bonchev–Trinajstić information content (AvgIpc) is 3.06. The zero-order chi connectivity index (χ0) is 18.5. The highest BCUT2D eigenvalue weighted by Crippen LogP contribution is 2.54. The quantitative estimate of drug-likeness (QED) is 0.621. The summed E-state index contributed by atoms with van der Waals surface area (Å²) in [6.07, 6.45) is 0.960. The van der Waals surface area contributed by atoms with Crippen molar-refractivity contribution in [2.45, 2.75) is 18.4 Å². The highest BCUT2D eigenvalue weighted by Gasteiger charge is 2.43. The van der Waals surface area contributed by atoms with E-state index in [4.69, 9.17) is 11.6 Å².